The quantitative estimate of drug-likeness (QED) is 0.492. The Balaban J connectivity index is 0.00000341. The number of ketones is 1. The van der Waals surface area contributed by atoms with Gasteiger partial charge in [0.1, 0.15) is 5.75 Å². The molecule has 2 aromatic carbocycles. The maximum absolute atomic E-state index is 12.8. The highest BCUT2D eigenvalue weighted by Crippen LogP contribution is 2.38. The van der Waals surface area contributed by atoms with Crippen molar-refractivity contribution in [3.05, 3.63) is 42.0 Å². The molecular formula is C23H31BrN2O5. The highest BCUT2D eigenvalue weighted by molar-refractivity contribution is 8.93. The average molecular weight is 495 g/mol. The molecule has 0 atom stereocenters. The lowest BCUT2D eigenvalue weighted by atomic mass is 10.1. The number of ether oxygens (including phenoxy) is 4. The number of hydrogen-bond acceptors (Lipinski definition) is 7. The fourth-order valence-electron chi connectivity index (χ4n) is 3.75. The summed E-state index contributed by atoms with van der Waals surface area (Å²) in [5, 5.41) is 0. The molecule has 170 valence electrons. The standard InChI is InChI=1S/C23H30N2O5.BrH/c1-27-20-8-6-5-7-18(20)25-13-11-24(12-14-25)10-9-19(26)17-15-21(28-2)23(30-4)22(16-17)29-3;/h5-8,15-16H,9-14H2,1-4H3;1H. The van der Waals surface area contributed by atoms with Gasteiger partial charge >= 0.3 is 0 Å². The lowest BCUT2D eigenvalue weighted by Gasteiger charge is -2.36. The molecule has 0 aliphatic carbocycles. The third-order valence-corrected chi connectivity index (χ3v) is 5.44. The first-order valence-corrected chi connectivity index (χ1v) is 10.0. The number of rotatable bonds is 9. The van der Waals surface area contributed by atoms with Crippen LogP contribution < -0.4 is 23.8 Å². The minimum Gasteiger partial charge on any atom is -0.495 e. The van der Waals surface area contributed by atoms with Crippen molar-refractivity contribution in [3.63, 3.8) is 0 Å². The fraction of sp³-hybridized carbons (Fsp3) is 0.435. The summed E-state index contributed by atoms with van der Waals surface area (Å²) in [6.07, 6.45) is 0.438. The van der Waals surface area contributed by atoms with E-state index in [-0.39, 0.29) is 22.8 Å². The summed E-state index contributed by atoms with van der Waals surface area (Å²) in [6.45, 7) is 4.33. The second kappa shape index (κ2) is 11.8. The van der Waals surface area contributed by atoms with Crippen LogP contribution in [0.5, 0.6) is 23.0 Å². The smallest absolute Gasteiger partial charge is 0.203 e. The third kappa shape index (κ3) is 5.83. The Bertz CT molecular complexity index is 844. The van der Waals surface area contributed by atoms with E-state index in [9.17, 15) is 4.79 Å². The van der Waals surface area contributed by atoms with Gasteiger partial charge in [0.25, 0.3) is 0 Å². The lowest BCUT2D eigenvalue weighted by molar-refractivity contribution is 0.0961. The van der Waals surface area contributed by atoms with E-state index in [0.717, 1.165) is 44.2 Å². The largest absolute Gasteiger partial charge is 0.495 e. The van der Waals surface area contributed by atoms with Crippen molar-refractivity contribution in [3.8, 4) is 23.0 Å². The number of Topliss-reactive ketones (excluding diaryl/α,β-unsaturated/α-hetero) is 1. The summed E-state index contributed by atoms with van der Waals surface area (Å²) in [6, 6.07) is 11.5. The van der Waals surface area contributed by atoms with E-state index in [4.69, 9.17) is 18.9 Å². The van der Waals surface area contributed by atoms with Crippen LogP contribution in [0.2, 0.25) is 0 Å². The number of anilines is 1. The van der Waals surface area contributed by atoms with Gasteiger partial charge in [-0.1, -0.05) is 12.1 Å². The number of hydrogen-bond donors (Lipinski definition) is 0. The van der Waals surface area contributed by atoms with E-state index in [0.29, 0.717) is 29.2 Å². The molecule has 8 heteroatoms. The van der Waals surface area contributed by atoms with E-state index in [2.05, 4.69) is 15.9 Å². The van der Waals surface area contributed by atoms with Crippen molar-refractivity contribution >= 4 is 28.5 Å². The summed E-state index contributed by atoms with van der Waals surface area (Å²) in [4.78, 5) is 17.4. The van der Waals surface area contributed by atoms with Gasteiger partial charge in [0.2, 0.25) is 5.75 Å². The van der Waals surface area contributed by atoms with E-state index < -0.39 is 0 Å². The molecule has 0 radical (unpaired) electrons. The zero-order valence-electron chi connectivity index (χ0n) is 18.6. The van der Waals surface area contributed by atoms with Crippen LogP contribution in [0.4, 0.5) is 5.69 Å². The number of piperazine rings is 1. The minimum atomic E-state index is 0. The Labute approximate surface area is 194 Å². The van der Waals surface area contributed by atoms with Gasteiger partial charge < -0.3 is 23.8 Å². The van der Waals surface area contributed by atoms with Crippen LogP contribution in [0.3, 0.4) is 0 Å². The predicted molar refractivity (Wildman–Crippen MR) is 127 cm³/mol. The molecule has 0 bridgehead atoms. The van der Waals surface area contributed by atoms with Gasteiger partial charge in [-0.2, -0.15) is 0 Å². The van der Waals surface area contributed by atoms with Gasteiger partial charge in [-0.3, -0.25) is 9.69 Å². The minimum absolute atomic E-state index is 0. The summed E-state index contributed by atoms with van der Waals surface area (Å²) >= 11 is 0. The van der Waals surface area contributed by atoms with E-state index in [1.165, 1.54) is 0 Å². The van der Waals surface area contributed by atoms with Crippen LogP contribution in [0.15, 0.2) is 36.4 Å². The van der Waals surface area contributed by atoms with Crippen LogP contribution in [0.1, 0.15) is 16.8 Å². The molecule has 0 amide bonds. The zero-order chi connectivity index (χ0) is 21.5. The van der Waals surface area contributed by atoms with Crippen molar-refractivity contribution in [2.75, 3.05) is 66.1 Å². The van der Waals surface area contributed by atoms with Crippen molar-refractivity contribution in [2.45, 2.75) is 6.42 Å². The maximum atomic E-state index is 12.8. The van der Waals surface area contributed by atoms with Gasteiger partial charge in [-0.15, -0.1) is 17.0 Å². The molecule has 0 saturated carbocycles. The van der Waals surface area contributed by atoms with E-state index in [1.807, 2.05) is 18.2 Å². The zero-order valence-corrected chi connectivity index (χ0v) is 20.3. The number of para-hydroxylation sites is 2. The second-order valence-corrected chi connectivity index (χ2v) is 7.09. The van der Waals surface area contributed by atoms with Gasteiger partial charge in [-0.25, -0.2) is 0 Å². The van der Waals surface area contributed by atoms with Crippen molar-refractivity contribution < 1.29 is 23.7 Å². The molecule has 7 nitrogen and oxygen atoms in total. The molecule has 1 heterocycles. The highest BCUT2D eigenvalue weighted by Gasteiger charge is 2.21. The third-order valence-electron chi connectivity index (χ3n) is 5.44. The van der Waals surface area contributed by atoms with Gasteiger partial charge in [0.15, 0.2) is 17.3 Å². The summed E-state index contributed by atoms with van der Waals surface area (Å²) in [5.41, 5.74) is 1.69. The Morgan fingerprint density at radius 1 is 0.839 bits per heavy atom. The molecule has 0 spiro atoms. The predicted octanol–water partition coefficient (Wildman–Crippen LogP) is 3.69. The first-order valence-electron chi connectivity index (χ1n) is 10.0. The second-order valence-electron chi connectivity index (χ2n) is 7.09. The van der Waals surface area contributed by atoms with E-state index >= 15 is 0 Å². The van der Waals surface area contributed by atoms with Crippen LogP contribution >= 0.6 is 17.0 Å². The lowest BCUT2D eigenvalue weighted by Crippen LogP contribution is -2.47. The summed E-state index contributed by atoms with van der Waals surface area (Å²) in [5.74, 6) is 2.42. The first kappa shape index (κ1) is 24.8. The van der Waals surface area contributed by atoms with Crippen molar-refractivity contribution in [1.29, 1.82) is 0 Å². The number of nitrogens with zero attached hydrogens (tertiary/aromatic N) is 2. The Hall–Kier alpha value is -2.45. The molecule has 1 aliphatic rings. The maximum Gasteiger partial charge on any atom is 0.203 e. The summed E-state index contributed by atoms with van der Waals surface area (Å²) in [7, 11) is 6.34. The fourth-order valence-corrected chi connectivity index (χ4v) is 3.75. The van der Waals surface area contributed by atoms with Crippen LogP contribution in [0, 0.1) is 0 Å². The number of carbonyl (C=O) groups excluding carboxylic acids is 1. The van der Waals surface area contributed by atoms with Gasteiger partial charge in [0, 0.05) is 44.7 Å². The molecule has 0 unspecified atom stereocenters. The van der Waals surface area contributed by atoms with Crippen LogP contribution in [-0.2, 0) is 0 Å². The highest BCUT2D eigenvalue weighted by atomic mass is 79.9. The first-order chi connectivity index (χ1) is 14.6. The molecular weight excluding hydrogens is 464 g/mol. The molecule has 31 heavy (non-hydrogen) atoms. The molecule has 0 N–H and O–H groups in total. The Morgan fingerprint density at radius 2 is 1.42 bits per heavy atom. The summed E-state index contributed by atoms with van der Waals surface area (Å²) < 4.78 is 21.5. The molecule has 1 fully saturated rings. The average Bonchev–Trinajstić information content (AvgIpc) is 2.81. The van der Waals surface area contributed by atoms with Crippen molar-refractivity contribution in [1.82, 2.24) is 4.90 Å². The monoisotopic (exact) mass is 494 g/mol. The molecule has 0 aromatic heterocycles. The number of benzene rings is 2. The van der Waals surface area contributed by atoms with E-state index in [1.54, 1.807) is 40.6 Å². The number of methoxy groups -OCH3 is 4. The number of carbonyl (C=O) groups is 1. The molecule has 2 aromatic rings. The van der Waals surface area contributed by atoms with Crippen LogP contribution in [0.25, 0.3) is 0 Å². The Morgan fingerprint density at radius 3 is 1.97 bits per heavy atom. The molecule has 1 saturated heterocycles. The van der Waals surface area contributed by atoms with Gasteiger partial charge in [-0.05, 0) is 24.3 Å². The van der Waals surface area contributed by atoms with Crippen molar-refractivity contribution in [2.24, 2.45) is 0 Å². The molecule has 1 aliphatic heterocycles. The van der Waals surface area contributed by atoms with Gasteiger partial charge in [0.05, 0.1) is 34.1 Å². The normalized spacial score (nSPS) is 13.9. The topological polar surface area (TPSA) is 60.5 Å². The SMILES string of the molecule is Br.COc1ccccc1N1CCN(CCC(=O)c2cc(OC)c(OC)c(OC)c2)CC1. The Kier molecular flexibility index (Phi) is 9.45. The number of halogens is 1. The molecule has 3 rings (SSSR count). The van der Waals surface area contributed by atoms with Crippen LogP contribution in [-0.4, -0.2) is 71.8 Å².